The fourth-order valence-corrected chi connectivity index (χ4v) is 3.28. The van der Waals surface area contributed by atoms with Gasteiger partial charge in [-0.25, -0.2) is 0 Å². The highest BCUT2D eigenvalue weighted by Gasteiger charge is 2.23. The predicted molar refractivity (Wildman–Crippen MR) is 91.6 cm³/mol. The Bertz CT molecular complexity index is 884. The van der Waals surface area contributed by atoms with Crippen LogP contribution in [0.2, 0.25) is 0 Å². The molecule has 3 heterocycles. The highest BCUT2D eigenvalue weighted by molar-refractivity contribution is 5.95. The summed E-state index contributed by atoms with van der Waals surface area (Å²) in [7, 11) is 0. The van der Waals surface area contributed by atoms with E-state index in [-0.39, 0.29) is 5.91 Å². The lowest BCUT2D eigenvalue weighted by atomic mass is 9.95. The zero-order chi connectivity index (χ0) is 16.5. The zero-order valence-corrected chi connectivity index (χ0v) is 13.5. The van der Waals surface area contributed by atoms with Gasteiger partial charge in [-0.3, -0.25) is 9.78 Å². The molecule has 0 fully saturated rings. The van der Waals surface area contributed by atoms with Gasteiger partial charge in [-0.15, -0.1) is 0 Å². The van der Waals surface area contributed by atoms with E-state index in [0.717, 1.165) is 13.0 Å². The monoisotopic (exact) mass is 318 g/mol. The summed E-state index contributed by atoms with van der Waals surface area (Å²) in [5.74, 6) is 0.710. The van der Waals surface area contributed by atoms with Crippen molar-refractivity contribution in [2.24, 2.45) is 0 Å². The van der Waals surface area contributed by atoms with E-state index in [9.17, 15) is 4.79 Å². The molecule has 0 N–H and O–H groups in total. The number of aromatic nitrogens is 1. The maximum Gasteiger partial charge on any atom is 0.254 e. The van der Waals surface area contributed by atoms with E-state index in [0.29, 0.717) is 23.6 Å². The number of aryl methyl sites for hydroxylation is 1. The molecule has 0 radical (unpaired) electrons. The molecule has 1 amide bonds. The molecule has 4 heteroatoms. The second-order valence-electron chi connectivity index (χ2n) is 6.10. The van der Waals surface area contributed by atoms with Gasteiger partial charge in [0.25, 0.3) is 5.91 Å². The van der Waals surface area contributed by atoms with E-state index in [1.165, 1.54) is 16.7 Å². The van der Waals surface area contributed by atoms with Gasteiger partial charge >= 0.3 is 0 Å². The topological polar surface area (TPSA) is 46.3 Å². The van der Waals surface area contributed by atoms with Crippen LogP contribution in [0, 0.1) is 6.92 Å². The van der Waals surface area contributed by atoms with Crippen molar-refractivity contribution in [3.63, 3.8) is 0 Å². The number of amides is 1. The molecule has 0 unspecified atom stereocenters. The van der Waals surface area contributed by atoms with E-state index >= 15 is 0 Å². The lowest BCUT2D eigenvalue weighted by Crippen LogP contribution is -2.36. The van der Waals surface area contributed by atoms with Crippen LogP contribution in [-0.4, -0.2) is 22.3 Å². The van der Waals surface area contributed by atoms with Crippen LogP contribution in [0.4, 0.5) is 0 Å². The average Bonchev–Trinajstić information content (AvgIpc) is 3.16. The van der Waals surface area contributed by atoms with Gasteiger partial charge in [0.2, 0.25) is 0 Å². The van der Waals surface area contributed by atoms with Gasteiger partial charge in [0.05, 0.1) is 6.26 Å². The van der Waals surface area contributed by atoms with Crippen molar-refractivity contribution in [2.45, 2.75) is 19.9 Å². The number of rotatable bonds is 2. The van der Waals surface area contributed by atoms with Crippen molar-refractivity contribution < 1.29 is 9.21 Å². The van der Waals surface area contributed by atoms with Crippen LogP contribution in [0.5, 0.6) is 0 Å². The Hall–Kier alpha value is -2.88. The van der Waals surface area contributed by atoms with Crippen LogP contribution in [0.1, 0.15) is 27.0 Å². The Morgan fingerprint density at radius 2 is 2.12 bits per heavy atom. The summed E-state index contributed by atoms with van der Waals surface area (Å²) in [5, 5.41) is 0. The number of carbonyl (C=O) groups excluding carboxylic acids is 1. The first kappa shape index (κ1) is 14.7. The number of pyridine rings is 1. The first-order valence-electron chi connectivity index (χ1n) is 8.09. The number of carbonyl (C=O) groups is 1. The quantitative estimate of drug-likeness (QED) is 0.721. The molecule has 24 heavy (non-hydrogen) atoms. The average molecular weight is 318 g/mol. The maximum absolute atomic E-state index is 12.9. The largest absolute Gasteiger partial charge is 0.463 e. The Morgan fingerprint density at radius 3 is 2.96 bits per heavy atom. The van der Waals surface area contributed by atoms with Gasteiger partial charge < -0.3 is 9.32 Å². The number of hydrogen-bond donors (Lipinski definition) is 0. The Morgan fingerprint density at radius 1 is 1.21 bits per heavy atom. The molecule has 1 aliphatic rings. The molecule has 1 aliphatic heterocycles. The van der Waals surface area contributed by atoms with Crippen molar-refractivity contribution >= 4 is 5.91 Å². The molecule has 0 spiro atoms. The van der Waals surface area contributed by atoms with Crippen molar-refractivity contribution in [1.29, 1.82) is 0 Å². The lowest BCUT2D eigenvalue weighted by Gasteiger charge is -2.30. The zero-order valence-electron chi connectivity index (χ0n) is 13.5. The van der Waals surface area contributed by atoms with Crippen LogP contribution in [-0.2, 0) is 13.0 Å². The summed E-state index contributed by atoms with van der Waals surface area (Å²) < 4.78 is 5.37. The van der Waals surface area contributed by atoms with E-state index < -0.39 is 0 Å². The molecule has 0 aliphatic carbocycles. The summed E-state index contributed by atoms with van der Waals surface area (Å²) >= 11 is 0. The van der Waals surface area contributed by atoms with Gasteiger partial charge in [0.15, 0.2) is 5.76 Å². The smallest absolute Gasteiger partial charge is 0.254 e. The predicted octanol–water partition coefficient (Wildman–Crippen LogP) is 3.85. The normalized spacial score (nSPS) is 13.6. The number of benzene rings is 1. The summed E-state index contributed by atoms with van der Waals surface area (Å²) in [6, 6.07) is 13.5. The molecular formula is C20H18N2O2. The number of fused-ring (bicyclic) bond motifs is 1. The summed E-state index contributed by atoms with van der Waals surface area (Å²) in [4.78, 5) is 19.1. The Balaban J connectivity index is 1.60. The SMILES string of the molecule is Cc1cccc2c1CCN(C(=O)c1ccnc(-c3ccco3)c1)C2. The summed E-state index contributed by atoms with van der Waals surface area (Å²) in [5.41, 5.74) is 5.26. The molecule has 0 saturated heterocycles. The molecular weight excluding hydrogens is 300 g/mol. The van der Waals surface area contributed by atoms with E-state index in [4.69, 9.17) is 4.42 Å². The van der Waals surface area contributed by atoms with Crippen molar-refractivity contribution in [3.05, 3.63) is 77.2 Å². The van der Waals surface area contributed by atoms with Gasteiger partial charge in [-0.2, -0.15) is 0 Å². The number of hydrogen-bond acceptors (Lipinski definition) is 3. The number of furan rings is 1. The Kier molecular flexibility index (Phi) is 3.65. The van der Waals surface area contributed by atoms with E-state index in [1.807, 2.05) is 17.0 Å². The van der Waals surface area contributed by atoms with Crippen LogP contribution >= 0.6 is 0 Å². The second kappa shape index (κ2) is 5.96. The first-order valence-corrected chi connectivity index (χ1v) is 8.09. The highest BCUT2D eigenvalue weighted by atomic mass is 16.3. The van der Waals surface area contributed by atoms with E-state index in [2.05, 4.69) is 30.1 Å². The molecule has 0 atom stereocenters. The minimum absolute atomic E-state index is 0.0392. The number of nitrogens with zero attached hydrogens (tertiary/aromatic N) is 2. The summed E-state index contributed by atoms with van der Waals surface area (Å²) in [6.45, 7) is 3.54. The van der Waals surface area contributed by atoms with Crippen LogP contribution in [0.15, 0.2) is 59.3 Å². The molecule has 4 rings (SSSR count). The molecule has 4 nitrogen and oxygen atoms in total. The molecule has 0 bridgehead atoms. The van der Waals surface area contributed by atoms with Crippen molar-refractivity contribution in [1.82, 2.24) is 9.88 Å². The van der Waals surface area contributed by atoms with Crippen LogP contribution in [0.25, 0.3) is 11.5 Å². The highest BCUT2D eigenvalue weighted by Crippen LogP contribution is 2.24. The molecule has 2 aromatic heterocycles. The minimum Gasteiger partial charge on any atom is -0.463 e. The molecule has 0 saturated carbocycles. The van der Waals surface area contributed by atoms with Crippen LogP contribution in [0.3, 0.4) is 0 Å². The fraction of sp³-hybridized carbons (Fsp3) is 0.200. The third-order valence-electron chi connectivity index (χ3n) is 4.57. The first-order chi connectivity index (χ1) is 11.7. The summed E-state index contributed by atoms with van der Waals surface area (Å²) in [6.07, 6.45) is 4.17. The maximum atomic E-state index is 12.9. The lowest BCUT2D eigenvalue weighted by molar-refractivity contribution is 0.0734. The third kappa shape index (κ3) is 2.60. The van der Waals surface area contributed by atoms with Gasteiger partial charge in [0.1, 0.15) is 5.69 Å². The van der Waals surface area contributed by atoms with E-state index in [1.54, 1.807) is 24.6 Å². The fourth-order valence-electron chi connectivity index (χ4n) is 3.28. The molecule has 1 aromatic carbocycles. The minimum atomic E-state index is 0.0392. The van der Waals surface area contributed by atoms with Gasteiger partial charge in [-0.05, 0) is 54.3 Å². The standard InChI is InChI=1S/C20H18N2O2/c1-14-4-2-5-16-13-22(10-8-17(14)16)20(23)15-7-9-21-18(12-15)19-6-3-11-24-19/h2-7,9,11-12H,8,10,13H2,1H3. The third-order valence-corrected chi connectivity index (χ3v) is 4.57. The molecule has 120 valence electrons. The van der Waals surface area contributed by atoms with Crippen LogP contribution < -0.4 is 0 Å². The van der Waals surface area contributed by atoms with Crippen molar-refractivity contribution in [2.75, 3.05) is 6.54 Å². The Labute approximate surface area is 140 Å². The molecule has 3 aromatic rings. The van der Waals surface area contributed by atoms with Crippen molar-refractivity contribution in [3.8, 4) is 11.5 Å². The van der Waals surface area contributed by atoms with Gasteiger partial charge in [-0.1, -0.05) is 18.2 Å². The van der Waals surface area contributed by atoms with Gasteiger partial charge in [0, 0.05) is 24.8 Å². The second-order valence-corrected chi connectivity index (χ2v) is 6.10.